The van der Waals surface area contributed by atoms with Gasteiger partial charge in [0.15, 0.2) is 0 Å². The second-order valence-corrected chi connectivity index (χ2v) is 5.04. The van der Waals surface area contributed by atoms with Crippen molar-refractivity contribution in [3.63, 3.8) is 0 Å². The number of rotatable bonds is 9. The molecule has 19 heavy (non-hydrogen) atoms. The van der Waals surface area contributed by atoms with Crippen molar-refractivity contribution < 1.29 is 9.18 Å². The lowest BCUT2D eigenvalue weighted by Gasteiger charge is -1.98. The highest BCUT2D eigenvalue weighted by Crippen LogP contribution is 2.10. The highest BCUT2D eigenvalue weighted by atomic mass is 35.5. The Kier molecular flexibility index (Phi) is 8.15. The van der Waals surface area contributed by atoms with E-state index in [1.807, 2.05) is 6.08 Å². The van der Waals surface area contributed by atoms with Crippen molar-refractivity contribution in [1.82, 2.24) is 0 Å². The molecular weight excluding hydrogens is 263 g/mol. The second-order valence-electron chi connectivity index (χ2n) is 4.62. The summed E-state index contributed by atoms with van der Waals surface area (Å²) in [5, 5.41) is -0.234. The predicted molar refractivity (Wildman–Crippen MR) is 78.6 cm³/mol. The third-order valence-corrected chi connectivity index (χ3v) is 3.11. The summed E-state index contributed by atoms with van der Waals surface area (Å²) in [7, 11) is 0. The Hall–Kier alpha value is -1.15. The zero-order chi connectivity index (χ0) is 13.9. The Morgan fingerprint density at radius 2 is 1.68 bits per heavy atom. The van der Waals surface area contributed by atoms with E-state index in [2.05, 4.69) is 6.08 Å². The first-order valence-corrected chi connectivity index (χ1v) is 7.17. The van der Waals surface area contributed by atoms with Crippen LogP contribution in [0.25, 0.3) is 6.08 Å². The molecule has 0 aliphatic rings. The summed E-state index contributed by atoms with van der Waals surface area (Å²) >= 11 is 5.26. The van der Waals surface area contributed by atoms with Crippen molar-refractivity contribution in [2.45, 2.75) is 44.9 Å². The lowest BCUT2D eigenvalue weighted by molar-refractivity contribution is -0.111. The van der Waals surface area contributed by atoms with Crippen molar-refractivity contribution in [3.05, 3.63) is 41.7 Å². The van der Waals surface area contributed by atoms with E-state index in [1.54, 1.807) is 12.1 Å². The number of unbranched alkanes of at least 4 members (excludes halogenated alkanes) is 5. The second kappa shape index (κ2) is 9.74. The molecule has 104 valence electrons. The topological polar surface area (TPSA) is 17.1 Å². The minimum absolute atomic E-state index is 0.201. The van der Waals surface area contributed by atoms with Crippen LogP contribution in [0.2, 0.25) is 0 Å². The zero-order valence-electron chi connectivity index (χ0n) is 11.1. The van der Waals surface area contributed by atoms with E-state index in [1.165, 1.54) is 18.6 Å². The van der Waals surface area contributed by atoms with Crippen molar-refractivity contribution in [2.75, 3.05) is 0 Å². The molecule has 0 saturated carbocycles. The number of hydrogen-bond acceptors (Lipinski definition) is 1. The van der Waals surface area contributed by atoms with Gasteiger partial charge in [0.1, 0.15) is 5.82 Å². The molecule has 0 radical (unpaired) electrons. The highest BCUT2D eigenvalue weighted by molar-refractivity contribution is 6.63. The Morgan fingerprint density at radius 3 is 2.37 bits per heavy atom. The molecule has 1 rings (SSSR count). The van der Waals surface area contributed by atoms with Gasteiger partial charge in [-0.2, -0.15) is 0 Å². The van der Waals surface area contributed by atoms with Crippen LogP contribution in [0, 0.1) is 5.82 Å². The molecule has 0 spiro atoms. The van der Waals surface area contributed by atoms with Crippen molar-refractivity contribution >= 4 is 22.9 Å². The first-order valence-electron chi connectivity index (χ1n) is 6.79. The highest BCUT2D eigenvalue weighted by Gasteiger charge is 1.95. The van der Waals surface area contributed by atoms with Gasteiger partial charge < -0.3 is 0 Å². The van der Waals surface area contributed by atoms with E-state index < -0.39 is 0 Å². The molecule has 0 saturated heterocycles. The van der Waals surface area contributed by atoms with Gasteiger partial charge in [-0.1, -0.05) is 43.5 Å². The number of hydrogen-bond donors (Lipinski definition) is 0. The summed E-state index contributed by atoms with van der Waals surface area (Å²) in [6.45, 7) is 0. The quantitative estimate of drug-likeness (QED) is 0.442. The van der Waals surface area contributed by atoms with Gasteiger partial charge in [0.25, 0.3) is 0 Å². The number of carbonyl (C=O) groups is 1. The smallest absolute Gasteiger partial charge is 0.221 e. The minimum atomic E-state index is -0.234. The van der Waals surface area contributed by atoms with Crippen LogP contribution < -0.4 is 0 Å². The monoisotopic (exact) mass is 282 g/mol. The third-order valence-electron chi connectivity index (χ3n) is 2.92. The molecule has 0 aromatic heterocycles. The van der Waals surface area contributed by atoms with Crippen LogP contribution in [-0.2, 0) is 4.79 Å². The Labute approximate surface area is 119 Å². The number of halogens is 2. The Balaban J connectivity index is 2.01. The molecule has 1 nitrogen and oxygen atoms in total. The van der Waals surface area contributed by atoms with Crippen LogP contribution in [-0.4, -0.2) is 5.24 Å². The molecule has 1 aromatic rings. The average molecular weight is 283 g/mol. The molecule has 0 heterocycles. The number of benzene rings is 1. The van der Waals surface area contributed by atoms with Crippen LogP contribution in [0.15, 0.2) is 30.3 Å². The fourth-order valence-corrected chi connectivity index (χ4v) is 1.98. The standard InChI is InChI=1S/C16H20ClFO/c17-16(19)9-7-5-3-1-2-4-6-8-14-10-12-15(18)13-11-14/h6,8,10-13H,1-5,7,9H2/b8-6+. The first kappa shape index (κ1) is 15.9. The summed E-state index contributed by atoms with van der Waals surface area (Å²) < 4.78 is 12.7. The summed E-state index contributed by atoms with van der Waals surface area (Å²) in [4.78, 5) is 10.5. The van der Waals surface area contributed by atoms with E-state index in [9.17, 15) is 9.18 Å². The molecule has 3 heteroatoms. The summed E-state index contributed by atoms with van der Waals surface area (Å²) in [5.74, 6) is -0.201. The summed E-state index contributed by atoms with van der Waals surface area (Å²) in [5.41, 5.74) is 1.03. The minimum Gasteiger partial charge on any atom is -0.281 e. The van der Waals surface area contributed by atoms with Gasteiger partial charge in [-0.15, -0.1) is 0 Å². The van der Waals surface area contributed by atoms with Gasteiger partial charge >= 0.3 is 0 Å². The fraction of sp³-hybridized carbons (Fsp3) is 0.438. The van der Waals surface area contributed by atoms with Crippen molar-refractivity contribution in [1.29, 1.82) is 0 Å². The van der Waals surface area contributed by atoms with Crippen molar-refractivity contribution in [3.8, 4) is 0 Å². The molecule has 0 fully saturated rings. The van der Waals surface area contributed by atoms with Crippen LogP contribution in [0.3, 0.4) is 0 Å². The molecule has 0 N–H and O–H groups in total. The maximum absolute atomic E-state index is 12.7. The van der Waals surface area contributed by atoms with Crippen LogP contribution in [0.1, 0.15) is 50.5 Å². The lowest BCUT2D eigenvalue weighted by atomic mass is 10.1. The SMILES string of the molecule is O=C(Cl)CCCCCCC/C=C/c1ccc(F)cc1. The first-order chi connectivity index (χ1) is 9.18. The summed E-state index contributed by atoms with van der Waals surface area (Å²) in [6, 6.07) is 6.49. The molecular formula is C16H20ClFO. The van der Waals surface area contributed by atoms with Crippen LogP contribution in [0.4, 0.5) is 4.39 Å². The largest absolute Gasteiger partial charge is 0.281 e. The molecule has 0 bridgehead atoms. The molecule has 0 aliphatic carbocycles. The van der Waals surface area contributed by atoms with Gasteiger partial charge in [0.2, 0.25) is 5.24 Å². The summed E-state index contributed by atoms with van der Waals surface area (Å²) in [6.07, 6.45) is 11.1. The van der Waals surface area contributed by atoms with Gasteiger partial charge in [-0.25, -0.2) is 4.39 Å². The average Bonchev–Trinajstić information content (AvgIpc) is 2.38. The van der Waals surface area contributed by atoms with Gasteiger partial charge in [0.05, 0.1) is 0 Å². The van der Waals surface area contributed by atoms with Gasteiger partial charge in [-0.05, 0) is 48.6 Å². The Morgan fingerprint density at radius 1 is 1.05 bits per heavy atom. The van der Waals surface area contributed by atoms with Crippen molar-refractivity contribution in [2.24, 2.45) is 0 Å². The van der Waals surface area contributed by atoms with Crippen LogP contribution in [0.5, 0.6) is 0 Å². The maximum atomic E-state index is 12.7. The molecule has 0 aliphatic heterocycles. The van der Waals surface area contributed by atoms with Crippen LogP contribution >= 0.6 is 11.6 Å². The maximum Gasteiger partial charge on any atom is 0.221 e. The van der Waals surface area contributed by atoms with E-state index in [0.29, 0.717) is 6.42 Å². The zero-order valence-corrected chi connectivity index (χ0v) is 11.8. The normalized spacial score (nSPS) is 11.1. The molecule has 0 amide bonds. The predicted octanol–water partition coefficient (Wildman–Crippen LogP) is 5.34. The third kappa shape index (κ3) is 8.55. The number of carbonyl (C=O) groups excluding carboxylic acids is 1. The van der Waals surface area contributed by atoms with Gasteiger partial charge in [0, 0.05) is 6.42 Å². The van der Waals surface area contributed by atoms with E-state index >= 15 is 0 Å². The fourth-order valence-electron chi connectivity index (χ4n) is 1.85. The number of allylic oxidation sites excluding steroid dienone is 1. The Bertz CT molecular complexity index is 398. The van der Waals surface area contributed by atoms with E-state index in [0.717, 1.165) is 37.7 Å². The lowest BCUT2D eigenvalue weighted by Crippen LogP contribution is -1.86. The van der Waals surface area contributed by atoms with E-state index in [4.69, 9.17) is 11.6 Å². The molecule has 0 unspecified atom stereocenters. The molecule has 1 aromatic carbocycles. The van der Waals surface area contributed by atoms with E-state index in [-0.39, 0.29) is 11.1 Å². The van der Waals surface area contributed by atoms with Gasteiger partial charge in [-0.3, -0.25) is 4.79 Å². The molecule has 0 atom stereocenters.